The fourth-order valence-electron chi connectivity index (χ4n) is 5.51. The minimum atomic E-state index is -0.111. The smallest absolute Gasteiger partial charge is 0.240 e. The topological polar surface area (TPSA) is 64.8 Å². The van der Waals surface area contributed by atoms with Crippen LogP contribution in [0.5, 0.6) is 0 Å². The van der Waals surface area contributed by atoms with Crippen LogP contribution in [0.3, 0.4) is 0 Å². The maximum absolute atomic E-state index is 13.8. The summed E-state index contributed by atoms with van der Waals surface area (Å²) in [5, 5.41) is 3.74. The molecular formula is C31H38CrN5O-. The van der Waals surface area contributed by atoms with Crippen molar-refractivity contribution in [3.8, 4) is 0 Å². The third kappa shape index (κ3) is 6.92. The molecule has 2 heterocycles. The molecule has 2 saturated heterocycles. The van der Waals surface area contributed by atoms with Gasteiger partial charge in [0, 0.05) is 69.2 Å². The van der Waals surface area contributed by atoms with E-state index in [0.717, 1.165) is 63.6 Å². The van der Waals surface area contributed by atoms with E-state index in [2.05, 4.69) is 87.7 Å². The second kappa shape index (κ2) is 13.2. The monoisotopic (exact) mass is 548 g/mol. The predicted molar refractivity (Wildman–Crippen MR) is 152 cm³/mol. The first-order valence-electron chi connectivity index (χ1n) is 13.4. The van der Waals surface area contributed by atoms with Gasteiger partial charge in [0.05, 0.1) is 17.4 Å². The van der Waals surface area contributed by atoms with Crippen LogP contribution in [-0.2, 0) is 28.7 Å². The van der Waals surface area contributed by atoms with Gasteiger partial charge in [0.2, 0.25) is 5.91 Å². The van der Waals surface area contributed by atoms with Crippen molar-refractivity contribution in [1.82, 2.24) is 15.1 Å². The summed E-state index contributed by atoms with van der Waals surface area (Å²) < 4.78 is 0. The van der Waals surface area contributed by atoms with E-state index in [-0.39, 0.29) is 35.4 Å². The molecule has 5 rings (SSSR count). The maximum atomic E-state index is 13.8. The van der Waals surface area contributed by atoms with Gasteiger partial charge < -0.3 is 20.9 Å². The van der Waals surface area contributed by atoms with Gasteiger partial charge in [-0.1, -0.05) is 49.4 Å². The molecule has 7 heteroatoms. The molecule has 3 aliphatic rings. The third-order valence-corrected chi connectivity index (χ3v) is 7.61. The first-order valence-corrected chi connectivity index (χ1v) is 13.4. The number of hydrogen-bond acceptors (Lipinski definition) is 5. The first-order chi connectivity index (χ1) is 18.1. The zero-order valence-electron chi connectivity index (χ0n) is 22.1. The third-order valence-electron chi connectivity index (χ3n) is 7.61. The first kappa shape index (κ1) is 28.1. The van der Waals surface area contributed by atoms with Crippen LogP contribution in [0, 0.1) is 5.92 Å². The number of nitrogens with one attached hydrogen (secondary N) is 1. The van der Waals surface area contributed by atoms with Gasteiger partial charge in [-0.05, 0) is 24.1 Å². The van der Waals surface area contributed by atoms with Crippen LogP contribution in [0.4, 0.5) is 11.4 Å². The van der Waals surface area contributed by atoms with E-state index in [0.29, 0.717) is 0 Å². The number of benzene rings is 2. The number of nitrogens with two attached hydrogens (primary N) is 1. The average molecular weight is 549 g/mol. The average Bonchev–Trinajstić information content (AvgIpc) is 3.20. The number of likely N-dealkylation sites (tertiary alicyclic amines) is 1. The van der Waals surface area contributed by atoms with E-state index in [1.807, 2.05) is 24.3 Å². The van der Waals surface area contributed by atoms with Crippen molar-refractivity contribution in [3.63, 3.8) is 0 Å². The SMILES string of the molecule is C[C-]1C=CC=C(CN[C@H]2C[C@@H](C(=O)N3CCN(c4ccccc4N)CC3)N(Cc3ccccc3)C2)C=C1.[Cr]. The van der Waals surface area contributed by atoms with Crippen molar-refractivity contribution in [2.75, 3.05) is 49.9 Å². The standard InChI is InChI=1S/C31H38N5O.Cr/c1-24-8-7-11-25(15-14-24)21-33-27-20-30(36(23-27)22-26-9-3-2-4-10-26)31(37)35-18-16-34(17-19-35)29-13-6-5-12-28(29)32;/h2-15,27,30,33H,16-23,32H2,1H3;/q-1;/t27-,30-;/m0./s1. The second-order valence-corrected chi connectivity index (χ2v) is 10.3. The molecule has 2 atom stereocenters. The number of nitrogen functional groups attached to an aromatic ring is 1. The molecule has 2 fully saturated rings. The Morgan fingerprint density at radius 2 is 1.76 bits per heavy atom. The zero-order chi connectivity index (χ0) is 25.6. The molecular weight excluding hydrogens is 510 g/mol. The van der Waals surface area contributed by atoms with Crippen LogP contribution in [0.1, 0.15) is 18.9 Å². The molecule has 200 valence electrons. The molecule has 0 unspecified atom stereocenters. The van der Waals surface area contributed by atoms with Gasteiger partial charge in [0.1, 0.15) is 0 Å². The Kier molecular flexibility index (Phi) is 9.76. The van der Waals surface area contributed by atoms with Gasteiger partial charge in [0.25, 0.3) is 0 Å². The molecule has 2 aromatic rings. The Balaban J connectivity index is 0.00000336. The van der Waals surface area contributed by atoms with Crippen molar-refractivity contribution in [2.45, 2.75) is 32.0 Å². The molecule has 38 heavy (non-hydrogen) atoms. The van der Waals surface area contributed by atoms with Crippen molar-refractivity contribution < 1.29 is 22.2 Å². The van der Waals surface area contributed by atoms with Crippen molar-refractivity contribution in [1.29, 1.82) is 0 Å². The summed E-state index contributed by atoms with van der Waals surface area (Å²) in [5.74, 6) is 1.50. The molecule has 0 aromatic heterocycles. The quantitative estimate of drug-likeness (QED) is 0.407. The van der Waals surface area contributed by atoms with E-state index in [9.17, 15) is 4.79 Å². The Hall–Kier alpha value is -2.95. The number of carbonyl (C=O) groups excluding carboxylic acids is 1. The largest absolute Gasteiger partial charge is 0.397 e. The van der Waals surface area contributed by atoms with Gasteiger partial charge in [-0.25, -0.2) is 0 Å². The van der Waals surface area contributed by atoms with Crippen molar-refractivity contribution in [3.05, 3.63) is 102 Å². The van der Waals surface area contributed by atoms with Crippen LogP contribution in [0.2, 0.25) is 0 Å². The van der Waals surface area contributed by atoms with Gasteiger partial charge in [-0.3, -0.25) is 9.69 Å². The van der Waals surface area contributed by atoms with Gasteiger partial charge >= 0.3 is 0 Å². The summed E-state index contributed by atoms with van der Waals surface area (Å²) in [6.45, 7) is 7.62. The maximum Gasteiger partial charge on any atom is 0.240 e. The van der Waals surface area contributed by atoms with E-state index in [4.69, 9.17) is 5.73 Å². The van der Waals surface area contributed by atoms with Gasteiger partial charge in [-0.15, -0.1) is 11.6 Å². The Morgan fingerprint density at radius 1 is 1.03 bits per heavy atom. The number of para-hydroxylation sites is 2. The van der Waals surface area contributed by atoms with E-state index < -0.39 is 0 Å². The molecule has 3 N–H and O–H groups in total. The summed E-state index contributed by atoms with van der Waals surface area (Å²) in [4.78, 5) is 20.5. The second-order valence-electron chi connectivity index (χ2n) is 10.3. The van der Waals surface area contributed by atoms with E-state index in [1.165, 1.54) is 17.1 Å². The van der Waals surface area contributed by atoms with Gasteiger partial charge in [0.15, 0.2) is 0 Å². The zero-order valence-corrected chi connectivity index (χ0v) is 23.4. The summed E-state index contributed by atoms with van der Waals surface area (Å²) in [6, 6.07) is 18.6. The van der Waals surface area contributed by atoms with Crippen LogP contribution in [0.15, 0.2) is 90.6 Å². The molecule has 1 amide bonds. The molecule has 0 bridgehead atoms. The molecule has 1 aliphatic carbocycles. The minimum Gasteiger partial charge on any atom is -0.397 e. The van der Waals surface area contributed by atoms with Crippen LogP contribution in [0.25, 0.3) is 0 Å². The number of carbonyl (C=O) groups is 1. The normalized spacial score (nSPS) is 21.7. The number of amides is 1. The number of piperazine rings is 1. The Morgan fingerprint density at radius 3 is 2.53 bits per heavy atom. The number of hydrogen-bond donors (Lipinski definition) is 2. The molecule has 0 spiro atoms. The fourth-order valence-corrected chi connectivity index (χ4v) is 5.51. The van der Waals surface area contributed by atoms with E-state index >= 15 is 0 Å². The molecule has 0 saturated carbocycles. The predicted octanol–water partition coefficient (Wildman–Crippen LogP) is 3.79. The van der Waals surface area contributed by atoms with E-state index in [1.54, 1.807) is 0 Å². The molecule has 6 nitrogen and oxygen atoms in total. The minimum absolute atomic E-state index is 0. The molecule has 2 aromatic carbocycles. The van der Waals surface area contributed by atoms with Crippen molar-refractivity contribution >= 4 is 17.3 Å². The molecule has 0 radical (unpaired) electrons. The van der Waals surface area contributed by atoms with Crippen LogP contribution in [-0.4, -0.2) is 67.1 Å². The number of rotatable bonds is 7. The van der Waals surface area contributed by atoms with Crippen molar-refractivity contribution in [2.24, 2.45) is 0 Å². The number of allylic oxidation sites excluding steroid dienone is 4. The summed E-state index contributed by atoms with van der Waals surface area (Å²) in [6.07, 6.45) is 11.6. The number of nitrogens with zero attached hydrogens (tertiary/aromatic N) is 3. The Bertz CT molecular complexity index is 1160. The summed E-state index contributed by atoms with van der Waals surface area (Å²) >= 11 is 0. The van der Waals surface area contributed by atoms with Crippen LogP contribution >= 0.6 is 0 Å². The fraction of sp³-hybridized carbons (Fsp3) is 0.355. The summed E-state index contributed by atoms with van der Waals surface area (Å²) in [5.41, 5.74) is 10.6. The Labute approximate surface area is 238 Å². The molecule has 2 aliphatic heterocycles. The van der Waals surface area contributed by atoms with Gasteiger partial charge in [-0.2, -0.15) is 30.2 Å². The summed E-state index contributed by atoms with van der Waals surface area (Å²) in [7, 11) is 0. The van der Waals surface area contributed by atoms with Crippen LogP contribution < -0.4 is 16.0 Å². The number of anilines is 2.